The molecule has 0 N–H and O–H groups in total. The van der Waals surface area contributed by atoms with E-state index in [4.69, 9.17) is 27.7 Å². The normalized spacial score (nSPS) is 16.9. The third-order valence-corrected chi connectivity index (χ3v) is 12.1. The van der Waals surface area contributed by atoms with Crippen molar-refractivity contribution in [2.45, 2.75) is 24.2 Å². The Morgan fingerprint density at radius 1 is 0.846 bits per heavy atom. The molecule has 1 heterocycles. The molecule has 0 saturated heterocycles. The van der Waals surface area contributed by atoms with Crippen molar-refractivity contribution in [2.24, 2.45) is 4.15 Å². The van der Waals surface area contributed by atoms with E-state index in [1.807, 2.05) is 55.3 Å². The number of likely N-dealkylation sites (N-methyl/N-ethyl adjacent to an activating group) is 1. The minimum Gasteiger partial charge on any atom is -0.451 e. The van der Waals surface area contributed by atoms with Gasteiger partial charge < -0.3 is 9.42 Å². The van der Waals surface area contributed by atoms with E-state index in [0.29, 0.717) is 21.1 Å². The van der Waals surface area contributed by atoms with Gasteiger partial charge in [-0.15, -0.1) is 4.15 Å². The van der Waals surface area contributed by atoms with Gasteiger partial charge in [0.15, 0.2) is 0 Å². The van der Waals surface area contributed by atoms with E-state index in [1.165, 1.54) is 24.3 Å². The third kappa shape index (κ3) is 5.39. The maximum Gasteiger partial charge on any atom is 0.284 e. The molecular weight excluding hydrogens is 570 g/mol. The first-order valence-electron chi connectivity index (χ1n) is 12.2. The number of hydrogen-bond donors (Lipinski definition) is 0. The van der Waals surface area contributed by atoms with Gasteiger partial charge in [-0.25, -0.2) is 0 Å². The minimum absolute atomic E-state index is 0.0302. The Morgan fingerprint density at radius 3 is 2.18 bits per heavy atom. The van der Waals surface area contributed by atoms with Gasteiger partial charge in [-0.2, -0.15) is 8.42 Å². The molecule has 0 spiro atoms. The molecule has 0 fully saturated rings. The van der Waals surface area contributed by atoms with E-state index in [-0.39, 0.29) is 4.90 Å². The number of anilines is 1. The molecule has 0 aromatic heterocycles. The van der Waals surface area contributed by atoms with Crippen LogP contribution >= 0.6 is 30.5 Å². The van der Waals surface area contributed by atoms with E-state index >= 15 is 0 Å². The number of nitrogens with zero attached hydrogens (tertiary/aromatic N) is 2. The Labute approximate surface area is 239 Å². The second kappa shape index (κ2) is 10.5. The molecule has 0 unspecified atom stereocenters. The van der Waals surface area contributed by atoms with E-state index in [2.05, 4.69) is 35.0 Å². The van der Waals surface area contributed by atoms with Crippen molar-refractivity contribution in [1.29, 1.82) is 0 Å². The van der Waals surface area contributed by atoms with Gasteiger partial charge in [-0.05, 0) is 66.2 Å². The van der Waals surface area contributed by atoms with Crippen LogP contribution in [0.1, 0.15) is 19.4 Å². The summed E-state index contributed by atoms with van der Waals surface area (Å²) in [6.07, 6.45) is 0. The second-order valence-corrected chi connectivity index (χ2v) is 14.9. The quantitative estimate of drug-likeness (QED) is 0.209. The highest BCUT2D eigenvalue weighted by Crippen LogP contribution is 2.58. The van der Waals surface area contributed by atoms with Crippen LogP contribution in [0.3, 0.4) is 0 Å². The fourth-order valence-electron chi connectivity index (χ4n) is 4.78. The van der Waals surface area contributed by atoms with Gasteiger partial charge in [0.25, 0.3) is 10.0 Å². The first-order chi connectivity index (χ1) is 18.5. The zero-order valence-corrected chi connectivity index (χ0v) is 24.8. The molecule has 9 heteroatoms. The smallest absolute Gasteiger partial charge is 0.284 e. The number of benzene rings is 4. The Morgan fingerprint density at radius 2 is 1.51 bits per heavy atom. The van der Waals surface area contributed by atoms with Gasteiger partial charge >= 0.3 is 0 Å². The van der Waals surface area contributed by atoms with Crippen molar-refractivity contribution >= 4 is 51.5 Å². The van der Waals surface area contributed by atoms with Crippen LogP contribution in [0.15, 0.2) is 124 Å². The number of fused-ring (bicyclic) bond motifs is 1. The number of rotatable bonds is 6. The summed E-state index contributed by atoms with van der Waals surface area (Å²) in [4.78, 5) is 2.11. The molecule has 5 rings (SSSR count). The Bertz CT molecular complexity index is 1720. The van der Waals surface area contributed by atoms with Gasteiger partial charge in [-0.3, -0.25) is 0 Å². The number of hydrogen-bond acceptors (Lipinski definition) is 4. The molecule has 4 aromatic rings. The molecular formula is C30H27Cl2N2O3PS. The molecule has 200 valence electrons. The lowest BCUT2D eigenvalue weighted by atomic mass is 9.84. The molecule has 0 aliphatic carbocycles. The molecule has 0 radical (unpaired) electrons. The average molecular weight is 598 g/mol. The highest BCUT2D eigenvalue weighted by Gasteiger charge is 2.41. The summed E-state index contributed by atoms with van der Waals surface area (Å²) < 4.78 is 39.1. The van der Waals surface area contributed by atoms with Gasteiger partial charge in [0.2, 0.25) is 7.28 Å². The first-order valence-corrected chi connectivity index (χ1v) is 16.2. The molecule has 1 aliphatic rings. The summed E-state index contributed by atoms with van der Waals surface area (Å²) in [6, 6.07) is 30.3. The Kier molecular flexibility index (Phi) is 7.43. The van der Waals surface area contributed by atoms with Crippen LogP contribution in [0.2, 0.25) is 10.0 Å². The lowest BCUT2D eigenvalue weighted by Crippen LogP contribution is -2.24. The van der Waals surface area contributed by atoms with E-state index in [9.17, 15) is 8.42 Å². The van der Waals surface area contributed by atoms with Gasteiger partial charge in [0.1, 0.15) is 5.75 Å². The standard InChI is InChI=1S/C30H27Cl2N2O3PS/c1-30(2)27-14-7-8-15-28(27)34(3)29(30)21-38(25-12-5-4-6-13-25,37-24-11-9-10-23(32)20-24)33-39(35,36)26-18-16-22(31)17-19-26/h4-21H,1-3H3/b29-21-/t38-/m0/s1. The monoisotopic (exact) mass is 596 g/mol. The summed E-state index contributed by atoms with van der Waals surface area (Å²) in [5, 5.41) is 1.55. The average Bonchev–Trinajstić information content (AvgIpc) is 3.10. The summed E-state index contributed by atoms with van der Waals surface area (Å²) in [7, 11) is -5.65. The molecule has 4 aromatic carbocycles. The SMILES string of the molecule is CN1/C(=C\[P@](=NS(=O)(=O)c2ccc(Cl)cc2)(Oc2cccc(Cl)c2)c2ccccc2)C(C)(C)c2ccccc21. The van der Waals surface area contributed by atoms with Crippen molar-refractivity contribution in [3.05, 3.63) is 130 Å². The van der Waals surface area contributed by atoms with Crippen LogP contribution < -0.4 is 14.7 Å². The van der Waals surface area contributed by atoms with Crippen LogP contribution in [-0.2, 0) is 15.4 Å². The summed E-state index contributed by atoms with van der Waals surface area (Å²) >= 11 is 12.4. The predicted molar refractivity (Wildman–Crippen MR) is 162 cm³/mol. The number of sulfonamides is 1. The number of halogens is 2. The largest absolute Gasteiger partial charge is 0.451 e. The predicted octanol–water partition coefficient (Wildman–Crippen LogP) is 8.47. The van der Waals surface area contributed by atoms with Crippen LogP contribution in [0.25, 0.3) is 0 Å². The summed E-state index contributed by atoms with van der Waals surface area (Å²) in [5.74, 6) is 2.33. The zero-order valence-electron chi connectivity index (χ0n) is 21.6. The first kappa shape index (κ1) is 27.5. The number of allylic oxidation sites excluding steroid dienone is 1. The third-order valence-electron chi connectivity index (χ3n) is 6.74. The van der Waals surface area contributed by atoms with Crippen LogP contribution in [-0.4, -0.2) is 15.5 Å². The topological polar surface area (TPSA) is 59.0 Å². The van der Waals surface area contributed by atoms with Crippen molar-refractivity contribution < 1.29 is 12.9 Å². The Balaban J connectivity index is 1.84. The number of para-hydroxylation sites is 1. The zero-order chi connectivity index (χ0) is 27.8. The lowest BCUT2D eigenvalue weighted by Gasteiger charge is -2.29. The minimum atomic E-state index is -4.18. The molecule has 0 bridgehead atoms. The van der Waals surface area contributed by atoms with Crippen molar-refractivity contribution in [1.82, 2.24) is 0 Å². The van der Waals surface area contributed by atoms with Crippen molar-refractivity contribution in [2.75, 3.05) is 11.9 Å². The molecule has 39 heavy (non-hydrogen) atoms. The maximum atomic E-state index is 13.9. The maximum absolute atomic E-state index is 13.9. The second-order valence-electron chi connectivity index (χ2n) is 9.73. The molecule has 5 nitrogen and oxygen atoms in total. The van der Waals surface area contributed by atoms with E-state index in [1.54, 1.807) is 24.3 Å². The molecule has 1 atom stereocenters. The van der Waals surface area contributed by atoms with Gasteiger partial charge in [0, 0.05) is 45.0 Å². The highest BCUT2D eigenvalue weighted by atomic mass is 35.5. The van der Waals surface area contributed by atoms with Gasteiger partial charge in [-0.1, -0.05) is 79.5 Å². The summed E-state index contributed by atoms with van der Waals surface area (Å²) in [5.41, 5.74) is 2.62. The lowest BCUT2D eigenvalue weighted by molar-refractivity contribution is 0.593. The van der Waals surface area contributed by atoms with Crippen LogP contribution in [0.4, 0.5) is 5.69 Å². The molecule has 0 saturated carbocycles. The van der Waals surface area contributed by atoms with Crippen LogP contribution in [0.5, 0.6) is 5.75 Å². The van der Waals surface area contributed by atoms with Crippen molar-refractivity contribution in [3.63, 3.8) is 0 Å². The van der Waals surface area contributed by atoms with Crippen molar-refractivity contribution in [3.8, 4) is 5.75 Å². The van der Waals surface area contributed by atoms with E-state index in [0.717, 1.165) is 16.9 Å². The van der Waals surface area contributed by atoms with E-state index < -0.39 is 22.7 Å². The van der Waals surface area contributed by atoms with Crippen LogP contribution in [0, 0.1) is 0 Å². The highest BCUT2D eigenvalue weighted by molar-refractivity contribution is 7.95. The fraction of sp³-hybridized carbons (Fsp3) is 0.133. The molecule has 1 aliphatic heterocycles. The molecule has 0 amide bonds. The fourth-order valence-corrected chi connectivity index (χ4v) is 10.1. The summed E-state index contributed by atoms with van der Waals surface area (Å²) in [6.45, 7) is 4.24. The Hall–Kier alpha value is -3.02. The van der Waals surface area contributed by atoms with Gasteiger partial charge in [0.05, 0.1) is 4.90 Å².